The summed E-state index contributed by atoms with van der Waals surface area (Å²) >= 11 is 6.38. The highest BCUT2D eigenvalue weighted by Crippen LogP contribution is 2.38. The van der Waals surface area contributed by atoms with Crippen LogP contribution in [0.25, 0.3) is 0 Å². The molecule has 19 heavy (non-hydrogen) atoms. The van der Waals surface area contributed by atoms with Crippen LogP contribution in [-0.2, 0) is 0 Å². The van der Waals surface area contributed by atoms with Crippen molar-refractivity contribution in [1.29, 1.82) is 0 Å². The number of ether oxygens (including phenoxy) is 1. The van der Waals surface area contributed by atoms with Crippen molar-refractivity contribution in [3.8, 4) is 5.75 Å². The van der Waals surface area contributed by atoms with Crippen LogP contribution in [-0.4, -0.2) is 12.6 Å². The molecule has 0 bridgehead atoms. The normalized spacial score (nSPS) is 14.3. The summed E-state index contributed by atoms with van der Waals surface area (Å²) in [5.74, 6) is 1.38. The van der Waals surface area contributed by atoms with Gasteiger partial charge < -0.3 is 10.5 Å². The SMILES string of the molecule is CCOc1cc(C)c(Cl)c(C)c1C(C)CCC(C)N. The molecule has 108 valence electrons. The minimum Gasteiger partial charge on any atom is -0.494 e. The van der Waals surface area contributed by atoms with E-state index in [4.69, 9.17) is 22.1 Å². The standard InChI is InChI=1S/C16H26ClNO/c1-6-19-14-9-11(3)16(17)13(5)15(14)10(2)7-8-12(4)18/h9-10,12H,6-8,18H2,1-5H3. The van der Waals surface area contributed by atoms with Gasteiger partial charge in [-0.1, -0.05) is 18.5 Å². The number of hydrogen-bond donors (Lipinski definition) is 1. The van der Waals surface area contributed by atoms with Crippen molar-refractivity contribution in [2.45, 2.75) is 59.4 Å². The van der Waals surface area contributed by atoms with Crippen molar-refractivity contribution >= 4 is 11.6 Å². The van der Waals surface area contributed by atoms with E-state index in [2.05, 4.69) is 19.9 Å². The van der Waals surface area contributed by atoms with E-state index < -0.39 is 0 Å². The fourth-order valence-electron chi connectivity index (χ4n) is 2.48. The first-order valence-electron chi connectivity index (χ1n) is 7.06. The maximum Gasteiger partial charge on any atom is 0.123 e. The van der Waals surface area contributed by atoms with Crippen LogP contribution in [0.3, 0.4) is 0 Å². The molecular formula is C16H26ClNO. The summed E-state index contributed by atoms with van der Waals surface area (Å²) in [5, 5.41) is 0.853. The van der Waals surface area contributed by atoms with Gasteiger partial charge in [-0.3, -0.25) is 0 Å². The van der Waals surface area contributed by atoms with Gasteiger partial charge in [0, 0.05) is 16.6 Å². The Labute approximate surface area is 122 Å². The van der Waals surface area contributed by atoms with Gasteiger partial charge in [-0.05, 0) is 63.6 Å². The summed E-state index contributed by atoms with van der Waals surface area (Å²) in [5.41, 5.74) is 9.30. The first-order valence-corrected chi connectivity index (χ1v) is 7.44. The van der Waals surface area contributed by atoms with Gasteiger partial charge in [0.05, 0.1) is 6.61 Å². The molecule has 2 N–H and O–H groups in total. The molecule has 3 heteroatoms. The van der Waals surface area contributed by atoms with Gasteiger partial charge in [-0.2, -0.15) is 0 Å². The van der Waals surface area contributed by atoms with Gasteiger partial charge in [-0.25, -0.2) is 0 Å². The summed E-state index contributed by atoms with van der Waals surface area (Å²) in [4.78, 5) is 0. The number of nitrogens with two attached hydrogens (primary N) is 1. The fourth-order valence-corrected chi connectivity index (χ4v) is 2.64. The Bertz CT molecular complexity index is 429. The van der Waals surface area contributed by atoms with Gasteiger partial charge in [0.25, 0.3) is 0 Å². The van der Waals surface area contributed by atoms with Crippen LogP contribution in [0.15, 0.2) is 6.07 Å². The van der Waals surface area contributed by atoms with Crippen LogP contribution < -0.4 is 10.5 Å². The number of halogens is 1. The fraction of sp³-hybridized carbons (Fsp3) is 0.625. The molecule has 2 atom stereocenters. The third-order valence-electron chi connectivity index (χ3n) is 3.54. The van der Waals surface area contributed by atoms with Gasteiger partial charge in [-0.15, -0.1) is 0 Å². The highest BCUT2D eigenvalue weighted by Gasteiger charge is 2.18. The smallest absolute Gasteiger partial charge is 0.123 e. The Morgan fingerprint density at radius 1 is 1.26 bits per heavy atom. The molecule has 0 fully saturated rings. The molecule has 0 aliphatic heterocycles. The Morgan fingerprint density at radius 2 is 1.89 bits per heavy atom. The zero-order chi connectivity index (χ0) is 14.6. The molecule has 0 radical (unpaired) electrons. The topological polar surface area (TPSA) is 35.2 Å². The lowest BCUT2D eigenvalue weighted by Crippen LogP contribution is -2.16. The minimum atomic E-state index is 0.235. The Kier molecular flexibility index (Phi) is 6.15. The zero-order valence-corrected chi connectivity index (χ0v) is 13.5. The third kappa shape index (κ3) is 4.12. The molecule has 0 spiro atoms. The monoisotopic (exact) mass is 283 g/mol. The Hall–Kier alpha value is -0.730. The van der Waals surface area contributed by atoms with Crippen LogP contribution in [0.1, 0.15) is 56.2 Å². The second kappa shape index (κ2) is 7.16. The quantitative estimate of drug-likeness (QED) is 0.829. The molecule has 0 saturated heterocycles. The Morgan fingerprint density at radius 3 is 2.42 bits per heavy atom. The molecule has 0 saturated carbocycles. The van der Waals surface area contributed by atoms with Crippen LogP contribution in [0.4, 0.5) is 0 Å². The van der Waals surface area contributed by atoms with E-state index in [1.807, 2.05) is 20.8 Å². The second-order valence-corrected chi connectivity index (χ2v) is 5.81. The third-order valence-corrected chi connectivity index (χ3v) is 4.12. The molecule has 0 aromatic heterocycles. The molecule has 2 nitrogen and oxygen atoms in total. The molecule has 2 unspecified atom stereocenters. The summed E-state index contributed by atoms with van der Waals surface area (Å²) in [6.07, 6.45) is 2.07. The summed E-state index contributed by atoms with van der Waals surface area (Å²) < 4.78 is 5.79. The lowest BCUT2D eigenvalue weighted by Gasteiger charge is -2.22. The summed E-state index contributed by atoms with van der Waals surface area (Å²) in [6, 6.07) is 2.29. The molecule has 1 aromatic rings. The largest absolute Gasteiger partial charge is 0.494 e. The predicted octanol–water partition coefficient (Wildman–Crippen LogP) is 4.59. The van der Waals surface area contributed by atoms with Crippen LogP contribution >= 0.6 is 11.6 Å². The number of rotatable bonds is 6. The Balaban J connectivity index is 3.11. The highest BCUT2D eigenvalue weighted by atomic mass is 35.5. The van der Waals surface area contributed by atoms with E-state index in [1.165, 1.54) is 5.56 Å². The van der Waals surface area contributed by atoms with Crippen LogP contribution in [0.2, 0.25) is 5.02 Å². The van der Waals surface area contributed by atoms with E-state index in [1.54, 1.807) is 0 Å². The lowest BCUT2D eigenvalue weighted by atomic mass is 9.89. The van der Waals surface area contributed by atoms with E-state index in [9.17, 15) is 0 Å². The van der Waals surface area contributed by atoms with Crippen molar-refractivity contribution in [2.24, 2.45) is 5.73 Å². The average Bonchev–Trinajstić information content (AvgIpc) is 2.34. The molecular weight excluding hydrogens is 258 g/mol. The van der Waals surface area contributed by atoms with Crippen LogP contribution in [0, 0.1) is 13.8 Å². The summed E-state index contributed by atoms with van der Waals surface area (Å²) in [7, 11) is 0. The molecule has 1 aromatic carbocycles. The predicted molar refractivity (Wildman–Crippen MR) is 83.4 cm³/mol. The maximum absolute atomic E-state index is 6.38. The van der Waals surface area contributed by atoms with E-state index >= 15 is 0 Å². The van der Waals surface area contributed by atoms with Crippen molar-refractivity contribution in [2.75, 3.05) is 6.61 Å². The number of benzene rings is 1. The zero-order valence-electron chi connectivity index (χ0n) is 12.7. The first kappa shape index (κ1) is 16.3. The number of hydrogen-bond acceptors (Lipinski definition) is 2. The van der Waals surface area contributed by atoms with Crippen molar-refractivity contribution < 1.29 is 4.74 Å². The van der Waals surface area contributed by atoms with Crippen LogP contribution in [0.5, 0.6) is 5.75 Å². The van der Waals surface area contributed by atoms with E-state index in [0.717, 1.165) is 34.7 Å². The molecule has 0 heterocycles. The van der Waals surface area contributed by atoms with Gasteiger partial charge >= 0.3 is 0 Å². The highest BCUT2D eigenvalue weighted by molar-refractivity contribution is 6.32. The molecule has 0 amide bonds. The van der Waals surface area contributed by atoms with Gasteiger partial charge in [0.2, 0.25) is 0 Å². The first-order chi connectivity index (χ1) is 8.88. The van der Waals surface area contributed by atoms with E-state index in [-0.39, 0.29) is 6.04 Å². The van der Waals surface area contributed by atoms with Crippen molar-refractivity contribution in [3.63, 3.8) is 0 Å². The summed E-state index contributed by atoms with van der Waals surface area (Å²) in [6.45, 7) is 11.1. The van der Waals surface area contributed by atoms with Crippen molar-refractivity contribution in [3.05, 3.63) is 27.8 Å². The molecule has 1 rings (SSSR count). The van der Waals surface area contributed by atoms with Crippen molar-refractivity contribution in [1.82, 2.24) is 0 Å². The van der Waals surface area contributed by atoms with Gasteiger partial charge in [0.1, 0.15) is 5.75 Å². The second-order valence-electron chi connectivity index (χ2n) is 5.43. The lowest BCUT2D eigenvalue weighted by molar-refractivity contribution is 0.333. The van der Waals surface area contributed by atoms with E-state index in [0.29, 0.717) is 12.5 Å². The molecule has 0 aliphatic carbocycles. The molecule has 0 aliphatic rings. The minimum absolute atomic E-state index is 0.235. The average molecular weight is 284 g/mol. The maximum atomic E-state index is 6.38. The van der Waals surface area contributed by atoms with Gasteiger partial charge in [0.15, 0.2) is 0 Å². The number of aryl methyl sites for hydroxylation is 1.